The molecule has 172 valence electrons. The highest BCUT2D eigenvalue weighted by molar-refractivity contribution is 7.89. The van der Waals surface area contributed by atoms with E-state index in [1.807, 2.05) is 0 Å². The molecule has 0 aliphatic heterocycles. The van der Waals surface area contributed by atoms with Crippen molar-refractivity contribution >= 4 is 44.1 Å². The molecule has 0 radical (unpaired) electrons. The molecule has 0 bridgehead atoms. The first kappa shape index (κ1) is 23.7. The topological polar surface area (TPSA) is 154 Å². The van der Waals surface area contributed by atoms with E-state index in [-0.39, 0.29) is 4.90 Å². The van der Waals surface area contributed by atoms with Gasteiger partial charge in [0.15, 0.2) is 6.61 Å². The molecule has 10 nitrogen and oxygen atoms in total. The number of ether oxygens (including phenoxy) is 2. The summed E-state index contributed by atoms with van der Waals surface area (Å²) in [5.74, 6) is -1.73. The number of hydrogen-bond donors (Lipinski definition) is 3. The Bertz CT molecular complexity index is 1140. The van der Waals surface area contributed by atoms with E-state index in [0.717, 1.165) is 29.7 Å². The lowest BCUT2D eigenvalue weighted by atomic mass is 10.1. The van der Waals surface area contributed by atoms with Crippen LogP contribution in [0, 0.1) is 0 Å². The van der Waals surface area contributed by atoms with Crippen molar-refractivity contribution in [3.05, 3.63) is 40.3 Å². The number of aryl methyl sites for hydroxylation is 1. The highest BCUT2D eigenvalue weighted by atomic mass is 32.2. The van der Waals surface area contributed by atoms with Gasteiger partial charge in [-0.05, 0) is 56.0 Å². The number of sulfonamides is 1. The number of hydrogen-bond acceptors (Lipinski definition) is 8. The molecule has 1 aliphatic carbocycles. The Kier molecular flexibility index (Phi) is 7.16. The van der Waals surface area contributed by atoms with Crippen LogP contribution >= 0.6 is 11.3 Å². The van der Waals surface area contributed by atoms with Gasteiger partial charge in [-0.1, -0.05) is 0 Å². The maximum atomic E-state index is 12.4. The van der Waals surface area contributed by atoms with Gasteiger partial charge in [-0.15, -0.1) is 11.3 Å². The van der Waals surface area contributed by atoms with Crippen molar-refractivity contribution in [1.29, 1.82) is 0 Å². The highest BCUT2D eigenvalue weighted by Gasteiger charge is 2.27. The summed E-state index contributed by atoms with van der Waals surface area (Å²) in [4.78, 5) is 37.1. The second kappa shape index (κ2) is 9.67. The van der Waals surface area contributed by atoms with E-state index in [1.54, 1.807) is 0 Å². The second-order valence-electron chi connectivity index (χ2n) is 7.10. The Morgan fingerprint density at radius 2 is 1.88 bits per heavy atom. The third kappa shape index (κ3) is 5.26. The molecule has 0 spiro atoms. The molecule has 3 rings (SSSR count). The van der Waals surface area contributed by atoms with Crippen LogP contribution in [0.25, 0.3) is 0 Å². The van der Waals surface area contributed by atoms with E-state index in [9.17, 15) is 22.8 Å². The molecule has 1 heterocycles. The third-order valence-electron chi connectivity index (χ3n) is 4.82. The van der Waals surface area contributed by atoms with Crippen LogP contribution in [-0.2, 0) is 37.2 Å². The molecule has 4 N–H and O–H groups in total. The van der Waals surface area contributed by atoms with Crippen LogP contribution in [0.5, 0.6) is 5.75 Å². The number of esters is 1. The molecule has 1 aliphatic rings. The van der Waals surface area contributed by atoms with Gasteiger partial charge in [-0.2, -0.15) is 4.72 Å². The minimum Gasteiger partial charge on any atom is -0.497 e. The normalized spacial score (nSPS) is 13.8. The molecule has 1 atom stereocenters. The predicted octanol–water partition coefficient (Wildman–Crippen LogP) is 1.19. The average molecular weight is 482 g/mol. The summed E-state index contributed by atoms with van der Waals surface area (Å²) in [7, 11) is -2.53. The number of benzene rings is 1. The molecule has 2 aromatic rings. The van der Waals surface area contributed by atoms with Crippen LogP contribution in [0.4, 0.5) is 5.00 Å². The molecule has 1 aromatic carbocycles. The molecule has 0 saturated heterocycles. The van der Waals surface area contributed by atoms with Crippen molar-refractivity contribution < 1.29 is 32.3 Å². The first-order valence-corrected chi connectivity index (χ1v) is 12.0. The molecule has 12 heteroatoms. The van der Waals surface area contributed by atoms with Crippen molar-refractivity contribution in [3.63, 3.8) is 0 Å². The molecular weight excluding hydrogens is 458 g/mol. The minimum atomic E-state index is -3.99. The van der Waals surface area contributed by atoms with Gasteiger partial charge in [0, 0.05) is 4.88 Å². The number of nitrogens with one attached hydrogen (secondary N) is 2. The van der Waals surface area contributed by atoms with Crippen LogP contribution in [-0.4, -0.2) is 46.0 Å². The molecule has 1 unspecified atom stereocenters. The number of fused-ring (bicyclic) bond motifs is 1. The first-order valence-electron chi connectivity index (χ1n) is 9.69. The van der Waals surface area contributed by atoms with E-state index >= 15 is 0 Å². The maximum Gasteiger partial charge on any atom is 0.324 e. The van der Waals surface area contributed by atoms with Gasteiger partial charge in [0.2, 0.25) is 10.0 Å². The van der Waals surface area contributed by atoms with Gasteiger partial charge in [0.05, 0.1) is 17.6 Å². The Hall–Kier alpha value is -2.96. The van der Waals surface area contributed by atoms with Crippen molar-refractivity contribution in [2.24, 2.45) is 5.73 Å². The van der Waals surface area contributed by atoms with Gasteiger partial charge in [-0.3, -0.25) is 14.4 Å². The van der Waals surface area contributed by atoms with Crippen LogP contribution in [0.2, 0.25) is 0 Å². The number of carbonyl (C=O) groups is 3. The van der Waals surface area contributed by atoms with Gasteiger partial charge in [-0.25, -0.2) is 8.42 Å². The minimum absolute atomic E-state index is 0.0552. The molecule has 32 heavy (non-hydrogen) atoms. The van der Waals surface area contributed by atoms with Crippen LogP contribution in [0.15, 0.2) is 29.2 Å². The van der Waals surface area contributed by atoms with E-state index in [1.165, 1.54) is 49.6 Å². The van der Waals surface area contributed by atoms with E-state index < -0.39 is 40.5 Å². The average Bonchev–Trinajstić information content (AvgIpc) is 3.32. The predicted molar refractivity (Wildman–Crippen MR) is 117 cm³/mol. The van der Waals surface area contributed by atoms with E-state index in [4.69, 9.17) is 15.2 Å². The van der Waals surface area contributed by atoms with Gasteiger partial charge >= 0.3 is 5.97 Å². The summed E-state index contributed by atoms with van der Waals surface area (Å²) in [5.41, 5.74) is 6.60. The summed E-state index contributed by atoms with van der Waals surface area (Å²) < 4.78 is 36.9. The third-order valence-corrected chi connectivity index (χ3v) is 7.59. The zero-order valence-corrected chi connectivity index (χ0v) is 19.1. The summed E-state index contributed by atoms with van der Waals surface area (Å²) >= 11 is 1.28. The van der Waals surface area contributed by atoms with Gasteiger partial charge in [0.25, 0.3) is 11.8 Å². The van der Waals surface area contributed by atoms with Crippen molar-refractivity contribution in [2.45, 2.75) is 37.1 Å². The monoisotopic (exact) mass is 481 g/mol. The smallest absolute Gasteiger partial charge is 0.324 e. The van der Waals surface area contributed by atoms with E-state index in [2.05, 4.69) is 10.0 Å². The number of thiophene rings is 1. The number of anilines is 1. The molecular formula is C20H23N3O7S2. The molecule has 2 amide bonds. The second-order valence-corrected chi connectivity index (χ2v) is 9.92. The lowest BCUT2D eigenvalue weighted by Gasteiger charge is -2.14. The molecule has 0 fully saturated rings. The quantitative estimate of drug-likeness (QED) is 0.455. The first-order chi connectivity index (χ1) is 15.1. The summed E-state index contributed by atoms with van der Waals surface area (Å²) in [6, 6.07) is 4.38. The number of carbonyl (C=O) groups excluding carboxylic acids is 3. The maximum absolute atomic E-state index is 12.4. The van der Waals surface area contributed by atoms with Gasteiger partial charge in [0.1, 0.15) is 16.8 Å². The number of primary amides is 1. The SMILES string of the molecule is COc1ccc(S(=O)(=O)NC(C)C(=O)OCC(=O)Nc2sc3c(c2C(N)=O)CCC3)cc1. The Balaban J connectivity index is 1.56. The molecule has 1 aromatic heterocycles. The standard InChI is InChI=1S/C20H23N3O7S2/c1-11(23-32(27,28)13-8-6-12(29-2)7-9-13)20(26)30-10-16(24)22-19-17(18(21)25)14-4-3-5-15(14)31-19/h6-9,11,23H,3-5,10H2,1-2H3,(H2,21,25)(H,22,24). The lowest BCUT2D eigenvalue weighted by Crippen LogP contribution is -2.40. The zero-order valence-electron chi connectivity index (χ0n) is 17.5. The Morgan fingerprint density at radius 3 is 2.50 bits per heavy atom. The highest BCUT2D eigenvalue weighted by Crippen LogP contribution is 2.38. The van der Waals surface area contributed by atoms with E-state index in [0.29, 0.717) is 16.3 Å². The largest absolute Gasteiger partial charge is 0.497 e. The number of nitrogens with two attached hydrogens (primary N) is 1. The number of methoxy groups -OCH3 is 1. The summed E-state index contributed by atoms with van der Waals surface area (Å²) in [6.07, 6.45) is 2.47. The van der Waals surface area contributed by atoms with Crippen LogP contribution < -0.4 is 20.5 Å². The van der Waals surface area contributed by atoms with Crippen molar-refractivity contribution in [2.75, 3.05) is 19.0 Å². The van der Waals surface area contributed by atoms with Crippen molar-refractivity contribution in [3.8, 4) is 5.75 Å². The fourth-order valence-electron chi connectivity index (χ4n) is 3.28. The molecule has 0 saturated carbocycles. The van der Waals surface area contributed by atoms with Gasteiger partial charge < -0.3 is 20.5 Å². The number of rotatable bonds is 9. The Labute approximate surface area is 189 Å². The Morgan fingerprint density at radius 1 is 1.19 bits per heavy atom. The summed E-state index contributed by atoms with van der Waals surface area (Å²) in [6.45, 7) is 0.657. The number of amides is 2. The van der Waals surface area contributed by atoms with Crippen LogP contribution in [0.3, 0.4) is 0 Å². The fourth-order valence-corrected chi connectivity index (χ4v) is 5.78. The lowest BCUT2D eigenvalue weighted by molar-refractivity contribution is -0.148. The van der Waals surface area contributed by atoms with Crippen LogP contribution in [0.1, 0.15) is 34.1 Å². The fraction of sp³-hybridized carbons (Fsp3) is 0.350. The van der Waals surface area contributed by atoms with Crippen molar-refractivity contribution in [1.82, 2.24) is 4.72 Å². The summed E-state index contributed by atoms with van der Waals surface area (Å²) in [5, 5.41) is 2.88. The zero-order chi connectivity index (χ0) is 23.5.